The van der Waals surface area contributed by atoms with Gasteiger partial charge in [-0.05, 0) is 44.0 Å². The second kappa shape index (κ2) is 8.74. The minimum absolute atomic E-state index is 0.132. The number of furan rings is 1. The van der Waals surface area contributed by atoms with Gasteiger partial charge in [0.1, 0.15) is 11.3 Å². The van der Waals surface area contributed by atoms with E-state index in [9.17, 15) is 13.2 Å². The Hall–Kier alpha value is -3.01. The lowest BCUT2D eigenvalue weighted by Crippen LogP contribution is -2.41. The summed E-state index contributed by atoms with van der Waals surface area (Å²) in [6.07, 6.45) is 0.942. The van der Waals surface area contributed by atoms with Crippen LogP contribution >= 0.6 is 11.3 Å². The van der Waals surface area contributed by atoms with E-state index in [0.29, 0.717) is 42.5 Å². The summed E-state index contributed by atoms with van der Waals surface area (Å²) < 4.78 is 33.1. The Labute approximate surface area is 196 Å². The molecule has 0 bridgehead atoms. The van der Waals surface area contributed by atoms with Gasteiger partial charge in [-0.2, -0.15) is 4.31 Å². The molecule has 2 aromatic heterocycles. The topological polar surface area (TPSA) is 92.5 Å². The Morgan fingerprint density at radius 3 is 2.58 bits per heavy atom. The van der Waals surface area contributed by atoms with E-state index >= 15 is 0 Å². The lowest BCUT2D eigenvalue weighted by atomic mass is 9.97. The summed E-state index contributed by atoms with van der Waals surface area (Å²) in [6, 6.07) is 16.5. The molecule has 0 spiro atoms. The normalized spacial score (nSPS) is 15.7. The van der Waals surface area contributed by atoms with Crippen molar-refractivity contribution in [2.45, 2.75) is 24.7 Å². The Kier molecular flexibility index (Phi) is 5.77. The highest BCUT2D eigenvalue weighted by molar-refractivity contribution is 7.89. The number of thiazole rings is 1. The van der Waals surface area contributed by atoms with Crippen molar-refractivity contribution >= 4 is 43.4 Å². The molecule has 1 amide bonds. The number of nitrogens with one attached hydrogen (secondary N) is 1. The summed E-state index contributed by atoms with van der Waals surface area (Å²) in [7, 11) is -3.54. The molecule has 1 aliphatic heterocycles. The van der Waals surface area contributed by atoms with Gasteiger partial charge in [0, 0.05) is 29.8 Å². The molecule has 1 aliphatic rings. The van der Waals surface area contributed by atoms with Gasteiger partial charge in [-0.1, -0.05) is 35.9 Å². The molecule has 9 heteroatoms. The van der Waals surface area contributed by atoms with Gasteiger partial charge in [-0.25, -0.2) is 13.4 Å². The van der Waals surface area contributed by atoms with Crippen molar-refractivity contribution < 1.29 is 17.6 Å². The van der Waals surface area contributed by atoms with Crippen molar-refractivity contribution in [1.82, 2.24) is 9.29 Å². The monoisotopic (exact) mass is 481 g/mol. The number of benzene rings is 2. The summed E-state index contributed by atoms with van der Waals surface area (Å²) in [6.45, 7) is 2.55. The second-order valence-corrected chi connectivity index (χ2v) is 11.0. The molecule has 5 rings (SSSR count). The van der Waals surface area contributed by atoms with Gasteiger partial charge in [0.05, 0.1) is 4.90 Å². The van der Waals surface area contributed by atoms with Crippen molar-refractivity contribution in [3.8, 4) is 11.5 Å². The van der Waals surface area contributed by atoms with Crippen molar-refractivity contribution in [1.29, 1.82) is 0 Å². The first-order valence-corrected chi connectivity index (χ1v) is 13.0. The van der Waals surface area contributed by atoms with Crippen LogP contribution in [0.5, 0.6) is 0 Å². The van der Waals surface area contributed by atoms with E-state index < -0.39 is 10.0 Å². The van der Waals surface area contributed by atoms with Crippen LogP contribution in [0.15, 0.2) is 69.3 Å². The largest absolute Gasteiger partial charge is 0.454 e. The number of aryl methyl sites for hydroxylation is 1. The molecule has 0 unspecified atom stereocenters. The number of amides is 1. The standard InChI is InChI=1S/C24H23N3O4S2/c1-16-6-8-19(9-7-16)33(29,30)27-12-10-17(11-13-27)23(28)26-24-25-20(15-32-24)22-14-18-4-2-3-5-21(18)31-22/h2-9,14-15,17H,10-13H2,1H3,(H,25,26,28). The molecule has 1 saturated heterocycles. The highest BCUT2D eigenvalue weighted by Crippen LogP contribution is 2.31. The van der Waals surface area contributed by atoms with Gasteiger partial charge in [0.2, 0.25) is 15.9 Å². The van der Waals surface area contributed by atoms with E-state index in [1.165, 1.54) is 15.6 Å². The van der Waals surface area contributed by atoms with E-state index in [1.54, 1.807) is 24.3 Å². The summed E-state index contributed by atoms with van der Waals surface area (Å²) >= 11 is 1.34. The van der Waals surface area contributed by atoms with Crippen LogP contribution in [0.1, 0.15) is 18.4 Å². The van der Waals surface area contributed by atoms with Crippen LogP contribution in [0.4, 0.5) is 5.13 Å². The van der Waals surface area contributed by atoms with Crippen LogP contribution in [0.3, 0.4) is 0 Å². The second-order valence-electron chi connectivity index (χ2n) is 8.17. The molecule has 0 saturated carbocycles. The fraction of sp³-hybridized carbons (Fsp3) is 0.250. The lowest BCUT2D eigenvalue weighted by molar-refractivity contribution is -0.120. The molecular weight excluding hydrogens is 458 g/mol. The summed E-state index contributed by atoms with van der Waals surface area (Å²) in [4.78, 5) is 17.6. The predicted octanol–water partition coefficient (Wildman–Crippen LogP) is 4.90. The van der Waals surface area contributed by atoms with Crippen LogP contribution in [0, 0.1) is 12.8 Å². The predicted molar refractivity (Wildman–Crippen MR) is 129 cm³/mol. The van der Waals surface area contributed by atoms with Gasteiger partial charge >= 0.3 is 0 Å². The minimum Gasteiger partial charge on any atom is -0.454 e. The number of hydrogen-bond donors (Lipinski definition) is 1. The molecule has 0 atom stereocenters. The first kappa shape index (κ1) is 21.8. The molecule has 0 aliphatic carbocycles. The van der Waals surface area contributed by atoms with Crippen molar-refractivity contribution in [3.05, 3.63) is 65.5 Å². The van der Waals surface area contributed by atoms with Gasteiger partial charge in [-0.15, -0.1) is 11.3 Å². The van der Waals surface area contributed by atoms with Gasteiger partial charge < -0.3 is 9.73 Å². The molecule has 1 N–H and O–H groups in total. The Morgan fingerprint density at radius 2 is 1.85 bits per heavy atom. The highest BCUT2D eigenvalue weighted by atomic mass is 32.2. The van der Waals surface area contributed by atoms with E-state index in [0.717, 1.165) is 16.5 Å². The Balaban J connectivity index is 1.21. The van der Waals surface area contributed by atoms with E-state index in [4.69, 9.17) is 4.42 Å². The number of carbonyl (C=O) groups excluding carboxylic acids is 1. The zero-order valence-electron chi connectivity index (χ0n) is 18.0. The average molecular weight is 482 g/mol. The number of rotatable bonds is 5. The third-order valence-corrected chi connectivity index (χ3v) is 8.57. The summed E-state index contributed by atoms with van der Waals surface area (Å²) in [5, 5.41) is 6.24. The van der Waals surface area contributed by atoms with Crippen LogP contribution < -0.4 is 5.32 Å². The zero-order valence-corrected chi connectivity index (χ0v) is 19.7. The molecule has 3 heterocycles. The number of nitrogens with zero attached hydrogens (tertiary/aromatic N) is 2. The number of para-hydroxylation sites is 1. The van der Waals surface area contributed by atoms with E-state index in [1.807, 2.05) is 42.6 Å². The Bertz CT molecular complexity index is 1370. The highest BCUT2D eigenvalue weighted by Gasteiger charge is 2.32. The van der Waals surface area contributed by atoms with Gasteiger partial charge in [0.15, 0.2) is 10.9 Å². The van der Waals surface area contributed by atoms with E-state index in [-0.39, 0.29) is 16.7 Å². The number of carbonyl (C=O) groups is 1. The number of hydrogen-bond acceptors (Lipinski definition) is 6. The molecule has 0 radical (unpaired) electrons. The third-order valence-electron chi connectivity index (χ3n) is 5.90. The van der Waals surface area contributed by atoms with Crippen molar-refractivity contribution in [2.24, 2.45) is 5.92 Å². The average Bonchev–Trinajstić information content (AvgIpc) is 3.46. The first-order valence-electron chi connectivity index (χ1n) is 10.7. The third kappa shape index (κ3) is 4.44. The van der Waals surface area contributed by atoms with Crippen LogP contribution in [0.25, 0.3) is 22.4 Å². The first-order chi connectivity index (χ1) is 15.9. The van der Waals surface area contributed by atoms with Crippen molar-refractivity contribution in [2.75, 3.05) is 18.4 Å². The molecular formula is C24H23N3O4S2. The van der Waals surface area contributed by atoms with Crippen LogP contribution in [-0.2, 0) is 14.8 Å². The van der Waals surface area contributed by atoms with Crippen LogP contribution in [-0.4, -0.2) is 36.7 Å². The molecule has 33 heavy (non-hydrogen) atoms. The van der Waals surface area contributed by atoms with Gasteiger partial charge in [-0.3, -0.25) is 4.79 Å². The maximum absolute atomic E-state index is 12.9. The van der Waals surface area contributed by atoms with Gasteiger partial charge in [0.25, 0.3) is 0 Å². The summed E-state index contributed by atoms with van der Waals surface area (Å²) in [5.41, 5.74) is 2.47. The number of sulfonamides is 1. The van der Waals surface area contributed by atoms with E-state index in [2.05, 4.69) is 10.3 Å². The molecule has 1 fully saturated rings. The van der Waals surface area contributed by atoms with Crippen LogP contribution in [0.2, 0.25) is 0 Å². The molecule has 7 nitrogen and oxygen atoms in total. The fourth-order valence-corrected chi connectivity index (χ4v) is 6.15. The smallest absolute Gasteiger partial charge is 0.243 e. The minimum atomic E-state index is -3.54. The number of piperidine rings is 1. The number of anilines is 1. The SMILES string of the molecule is Cc1ccc(S(=O)(=O)N2CCC(C(=O)Nc3nc(-c4cc5ccccc5o4)cs3)CC2)cc1. The number of fused-ring (bicyclic) bond motifs is 1. The number of aromatic nitrogens is 1. The Morgan fingerprint density at radius 1 is 1.12 bits per heavy atom. The summed E-state index contributed by atoms with van der Waals surface area (Å²) in [5.74, 6) is 0.267. The zero-order chi connectivity index (χ0) is 23.0. The lowest BCUT2D eigenvalue weighted by Gasteiger charge is -2.30. The maximum Gasteiger partial charge on any atom is 0.243 e. The van der Waals surface area contributed by atoms with Crippen molar-refractivity contribution in [3.63, 3.8) is 0 Å². The molecule has 170 valence electrons. The fourth-order valence-electron chi connectivity index (χ4n) is 3.98. The molecule has 4 aromatic rings. The maximum atomic E-state index is 12.9. The quantitative estimate of drug-likeness (QED) is 0.437. The molecule has 2 aromatic carbocycles.